The number of aromatic nitrogens is 2. The van der Waals surface area contributed by atoms with Crippen LogP contribution in [0.5, 0.6) is 0 Å². The number of nitrogens with zero attached hydrogens (tertiary/aromatic N) is 2. The van der Waals surface area contributed by atoms with Crippen molar-refractivity contribution in [1.29, 1.82) is 0 Å². The molecule has 1 aliphatic heterocycles. The second-order valence-electron chi connectivity index (χ2n) is 7.43. The molecule has 1 aliphatic rings. The molecule has 0 fully saturated rings. The number of fused-ring (bicyclic) bond motifs is 1. The van der Waals surface area contributed by atoms with E-state index in [0.717, 1.165) is 29.3 Å². The molecule has 0 saturated heterocycles. The summed E-state index contributed by atoms with van der Waals surface area (Å²) in [5, 5.41) is 0. The van der Waals surface area contributed by atoms with Gasteiger partial charge in [-0.15, -0.1) is 0 Å². The smallest absolute Gasteiger partial charge is 0.306 e. The number of H-pyrrole nitrogens is 1. The maximum atomic E-state index is 14.2. The van der Waals surface area contributed by atoms with Crippen LogP contribution in [0.4, 0.5) is 17.6 Å². The van der Waals surface area contributed by atoms with E-state index >= 15 is 0 Å². The SMILES string of the molecule is Cc1ccc(-c2nc3c(c(=O)[nH]2)CCN(Cc2c(F)cccc2C(F)(F)F)C3)cc1. The summed E-state index contributed by atoms with van der Waals surface area (Å²) in [5.74, 6) is -0.489. The third kappa shape index (κ3) is 4.00. The summed E-state index contributed by atoms with van der Waals surface area (Å²) in [6.07, 6.45) is -4.30. The van der Waals surface area contributed by atoms with E-state index in [1.807, 2.05) is 31.2 Å². The Morgan fingerprint density at radius 3 is 2.57 bits per heavy atom. The van der Waals surface area contributed by atoms with E-state index in [4.69, 9.17) is 0 Å². The van der Waals surface area contributed by atoms with Gasteiger partial charge in [0.15, 0.2) is 0 Å². The predicted molar refractivity (Wildman–Crippen MR) is 104 cm³/mol. The summed E-state index contributed by atoms with van der Waals surface area (Å²) in [7, 11) is 0. The van der Waals surface area contributed by atoms with Gasteiger partial charge in [-0.2, -0.15) is 13.2 Å². The van der Waals surface area contributed by atoms with Crippen LogP contribution in [0.3, 0.4) is 0 Å². The van der Waals surface area contributed by atoms with E-state index in [9.17, 15) is 22.4 Å². The number of aromatic amines is 1. The van der Waals surface area contributed by atoms with Crippen molar-refractivity contribution in [2.24, 2.45) is 0 Å². The highest BCUT2D eigenvalue weighted by Crippen LogP contribution is 2.34. The number of alkyl halides is 3. The number of benzene rings is 2. The van der Waals surface area contributed by atoms with Crippen LogP contribution >= 0.6 is 0 Å². The fraction of sp³-hybridized carbons (Fsp3) is 0.273. The number of halogens is 4. The lowest BCUT2D eigenvalue weighted by Gasteiger charge is -2.28. The highest BCUT2D eigenvalue weighted by atomic mass is 19.4. The van der Waals surface area contributed by atoms with Gasteiger partial charge >= 0.3 is 6.18 Å². The summed E-state index contributed by atoms with van der Waals surface area (Å²) in [6, 6.07) is 10.5. The van der Waals surface area contributed by atoms with Gasteiger partial charge in [-0.3, -0.25) is 9.69 Å². The molecule has 0 bridgehead atoms. The van der Waals surface area contributed by atoms with Gasteiger partial charge in [0, 0.05) is 36.3 Å². The van der Waals surface area contributed by atoms with Crippen LogP contribution < -0.4 is 5.56 Å². The van der Waals surface area contributed by atoms with Crippen LogP contribution in [0.2, 0.25) is 0 Å². The average Bonchev–Trinajstić information content (AvgIpc) is 2.69. The van der Waals surface area contributed by atoms with E-state index in [1.165, 1.54) is 0 Å². The molecule has 156 valence electrons. The largest absolute Gasteiger partial charge is 0.416 e. The minimum Gasteiger partial charge on any atom is -0.306 e. The minimum absolute atomic E-state index is 0.170. The van der Waals surface area contributed by atoms with Crippen LogP contribution in [0.25, 0.3) is 11.4 Å². The van der Waals surface area contributed by atoms with E-state index in [-0.39, 0.29) is 18.6 Å². The molecule has 4 rings (SSSR count). The van der Waals surface area contributed by atoms with E-state index in [2.05, 4.69) is 9.97 Å². The number of hydrogen-bond acceptors (Lipinski definition) is 3. The molecule has 8 heteroatoms. The molecule has 3 aromatic rings. The van der Waals surface area contributed by atoms with E-state index in [0.29, 0.717) is 30.0 Å². The lowest BCUT2D eigenvalue weighted by atomic mass is 10.0. The number of aryl methyl sites for hydroxylation is 1. The quantitative estimate of drug-likeness (QED) is 0.640. The van der Waals surface area contributed by atoms with Crippen molar-refractivity contribution in [2.45, 2.75) is 32.6 Å². The summed E-state index contributed by atoms with van der Waals surface area (Å²) in [4.78, 5) is 21.5. The highest BCUT2D eigenvalue weighted by molar-refractivity contribution is 5.55. The molecule has 1 aromatic heterocycles. The molecular weight excluding hydrogens is 398 g/mol. The van der Waals surface area contributed by atoms with Crippen molar-refractivity contribution in [3.8, 4) is 11.4 Å². The second kappa shape index (κ2) is 7.68. The Hall–Kier alpha value is -3.00. The van der Waals surface area contributed by atoms with Crippen molar-refractivity contribution >= 4 is 0 Å². The van der Waals surface area contributed by atoms with Gasteiger partial charge in [0.25, 0.3) is 5.56 Å². The fourth-order valence-corrected chi connectivity index (χ4v) is 3.69. The molecule has 0 saturated carbocycles. The van der Waals surface area contributed by atoms with Crippen LogP contribution in [-0.4, -0.2) is 21.4 Å². The monoisotopic (exact) mass is 417 g/mol. The zero-order chi connectivity index (χ0) is 21.5. The standard InChI is InChI=1S/C22H19F4N3O/c1-13-5-7-14(8-6-13)20-27-19-12-29(10-9-15(19)21(30)28-20)11-16-17(22(24,25)26)3-2-4-18(16)23/h2-8H,9-12H2,1H3,(H,27,28,30). The topological polar surface area (TPSA) is 49.0 Å². The van der Waals surface area contributed by atoms with Crippen LogP contribution in [0.15, 0.2) is 47.3 Å². The third-order valence-corrected chi connectivity index (χ3v) is 5.28. The minimum atomic E-state index is -4.64. The predicted octanol–water partition coefficient (Wildman–Crippen LogP) is 4.46. The van der Waals surface area contributed by atoms with Crippen molar-refractivity contribution in [1.82, 2.24) is 14.9 Å². The normalized spacial score (nSPS) is 14.6. The molecule has 0 amide bonds. The van der Waals surface area contributed by atoms with Gasteiger partial charge in [-0.05, 0) is 25.5 Å². The highest BCUT2D eigenvalue weighted by Gasteiger charge is 2.35. The van der Waals surface area contributed by atoms with E-state index < -0.39 is 23.1 Å². The fourth-order valence-electron chi connectivity index (χ4n) is 3.69. The number of rotatable bonds is 3. The second-order valence-corrected chi connectivity index (χ2v) is 7.43. The zero-order valence-corrected chi connectivity index (χ0v) is 16.2. The first-order valence-electron chi connectivity index (χ1n) is 9.48. The summed E-state index contributed by atoms with van der Waals surface area (Å²) in [5.41, 5.74) is 1.21. The number of hydrogen-bond donors (Lipinski definition) is 1. The molecule has 1 N–H and O–H groups in total. The maximum Gasteiger partial charge on any atom is 0.416 e. The molecule has 0 spiro atoms. The molecule has 0 atom stereocenters. The van der Waals surface area contributed by atoms with Gasteiger partial charge in [0.05, 0.1) is 11.3 Å². The van der Waals surface area contributed by atoms with Crippen molar-refractivity contribution in [3.05, 3.63) is 86.6 Å². The maximum absolute atomic E-state index is 14.2. The van der Waals surface area contributed by atoms with Gasteiger partial charge in [-0.25, -0.2) is 9.37 Å². The first kappa shape index (κ1) is 20.3. The Bertz CT molecular complexity index is 1140. The van der Waals surface area contributed by atoms with E-state index in [1.54, 1.807) is 4.90 Å². The lowest BCUT2D eigenvalue weighted by molar-refractivity contribution is -0.138. The Kier molecular flexibility index (Phi) is 5.19. The average molecular weight is 417 g/mol. The molecule has 0 aliphatic carbocycles. The van der Waals surface area contributed by atoms with Crippen molar-refractivity contribution in [2.75, 3.05) is 6.54 Å². The Labute approximate surface area is 170 Å². The van der Waals surface area contributed by atoms with Crippen LogP contribution in [0, 0.1) is 12.7 Å². The molecular formula is C22H19F4N3O. The molecule has 0 unspecified atom stereocenters. The van der Waals surface area contributed by atoms with Gasteiger partial charge < -0.3 is 4.98 Å². The van der Waals surface area contributed by atoms with Crippen molar-refractivity contribution in [3.63, 3.8) is 0 Å². The van der Waals surface area contributed by atoms with Crippen LogP contribution in [-0.2, 0) is 25.7 Å². The Morgan fingerprint density at radius 2 is 1.87 bits per heavy atom. The van der Waals surface area contributed by atoms with Gasteiger partial charge in [0.1, 0.15) is 11.6 Å². The summed E-state index contributed by atoms with van der Waals surface area (Å²) >= 11 is 0. The van der Waals surface area contributed by atoms with Crippen LogP contribution in [0.1, 0.15) is 27.9 Å². The Morgan fingerprint density at radius 1 is 1.13 bits per heavy atom. The molecule has 0 radical (unpaired) electrons. The Balaban J connectivity index is 1.64. The summed E-state index contributed by atoms with van der Waals surface area (Å²) in [6.45, 7) is 2.24. The first-order chi connectivity index (χ1) is 14.2. The molecule has 30 heavy (non-hydrogen) atoms. The summed E-state index contributed by atoms with van der Waals surface area (Å²) < 4.78 is 54.1. The molecule has 4 nitrogen and oxygen atoms in total. The number of nitrogens with one attached hydrogen (secondary N) is 1. The first-order valence-corrected chi connectivity index (χ1v) is 9.48. The van der Waals surface area contributed by atoms with Gasteiger partial charge in [-0.1, -0.05) is 35.9 Å². The third-order valence-electron chi connectivity index (χ3n) is 5.28. The molecule has 2 aromatic carbocycles. The van der Waals surface area contributed by atoms with Crippen molar-refractivity contribution < 1.29 is 17.6 Å². The lowest BCUT2D eigenvalue weighted by Crippen LogP contribution is -2.35. The zero-order valence-electron chi connectivity index (χ0n) is 16.2. The molecule has 2 heterocycles. The van der Waals surface area contributed by atoms with Gasteiger partial charge in [0.2, 0.25) is 0 Å².